The van der Waals surface area contributed by atoms with Crippen LogP contribution in [0.4, 0.5) is 0 Å². The zero-order chi connectivity index (χ0) is 9.72. The van der Waals surface area contributed by atoms with Gasteiger partial charge in [-0.2, -0.15) is 0 Å². The van der Waals surface area contributed by atoms with Crippen LogP contribution in [0.1, 0.15) is 13.8 Å². The first-order valence-electron chi connectivity index (χ1n) is 3.61. The fourth-order valence-corrected chi connectivity index (χ4v) is 0.484. The van der Waals surface area contributed by atoms with Crippen molar-refractivity contribution in [1.82, 2.24) is 5.32 Å². The normalized spacial score (nSPS) is 11.8. The molecule has 0 radical (unpaired) electrons. The van der Waals surface area contributed by atoms with Crippen molar-refractivity contribution in [2.24, 2.45) is 5.92 Å². The summed E-state index contributed by atoms with van der Waals surface area (Å²) >= 11 is 0. The molecule has 68 valence electrons. The van der Waals surface area contributed by atoms with Crippen molar-refractivity contribution in [3.05, 3.63) is 12.2 Å². The molecule has 0 fully saturated rings. The van der Waals surface area contributed by atoms with Crippen LogP contribution in [0.25, 0.3) is 0 Å². The third kappa shape index (κ3) is 3.75. The van der Waals surface area contributed by atoms with Gasteiger partial charge in [-0.3, -0.25) is 9.59 Å². The van der Waals surface area contributed by atoms with Crippen molar-refractivity contribution in [3.63, 3.8) is 0 Å². The highest BCUT2D eigenvalue weighted by atomic mass is 16.4. The molecule has 0 aliphatic heterocycles. The maximum absolute atomic E-state index is 10.9. The standard InChI is InChI=1S/C8H13NO3/c1-5(2)7(10)9-4-6(3)8(11)12/h6H,1,4H2,2-3H3,(H,9,10)(H,11,12). The molecule has 0 rings (SSSR count). The molecule has 0 aromatic rings. The van der Waals surface area contributed by atoms with Gasteiger partial charge in [0.05, 0.1) is 5.92 Å². The second kappa shape index (κ2) is 4.54. The SMILES string of the molecule is C=C(C)C(=O)NCC(C)C(=O)O. The minimum Gasteiger partial charge on any atom is -0.481 e. The van der Waals surface area contributed by atoms with Crippen LogP contribution >= 0.6 is 0 Å². The average Bonchev–Trinajstić information content (AvgIpc) is 1.98. The van der Waals surface area contributed by atoms with Crippen molar-refractivity contribution in [2.75, 3.05) is 6.54 Å². The maximum Gasteiger partial charge on any atom is 0.308 e. The molecule has 0 aliphatic rings. The Morgan fingerprint density at radius 1 is 1.58 bits per heavy atom. The summed E-state index contributed by atoms with van der Waals surface area (Å²) in [6, 6.07) is 0. The molecule has 1 amide bonds. The largest absolute Gasteiger partial charge is 0.481 e. The molecule has 1 atom stereocenters. The predicted molar refractivity (Wildman–Crippen MR) is 44.6 cm³/mol. The summed E-state index contributed by atoms with van der Waals surface area (Å²) in [6.45, 7) is 6.66. The second-order valence-electron chi connectivity index (χ2n) is 2.73. The number of amides is 1. The number of rotatable bonds is 4. The lowest BCUT2D eigenvalue weighted by atomic mass is 10.2. The summed E-state index contributed by atoms with van der Waals surface area (Å²) in [5, 5.41) is 10.9. The number of carbonyl (C=O) groups is 2. The van der Waals surface area contributed by atoms with Gasteiger partial charge in [-0.1, -0.05) is 13.5 Å². The summed E-state index contributed by atoms with van der Waals surface area (Å²) < 4.78 is 0. The van der Waals surface area contributed by atoms with Crippen molar-refractivity contribution < 1.29 is 14.7 Å². The van der Waals surface area contributed by atoms with E-state index in [1.54, 1.807) is 6.92 Å². The van der Waals surface area contributed by atoms with Crippen molar-refractivity contribution in [3.8, 4) is 0 Å². The lowest BCUT2D eigenvalue weighted by Crippen LogP contribution is -2.31. The molecule has 2 N–H and O–H groups in total. The number of hydrogen-bond donors (Lipinski definition) is 2. The van der Waals surface area contributed by atoms with Crippen LogP contribution in [0.2, 0.25) is 0 Å². The first-order valence-corrected chi connectivity index (χ1v) is 3.61. The van der Waals surface area contributed by atoms with E-state index in [0.29, 0.717) is 5.57 Å². The molecule has 0 saturated carbocycles. The summed E-state index contributed by atoms with van der Waals surface area (Å²) in [4.78, 5) is 21.2. The lowest BCUT2D eigenvalue weighted by Gasteiger charge is -2.07. The Morgan fingerprint density at radius 2 is 2.08 bits per heavy atom. The van der Waals surface area contributed by atoms with E-state index < -0.39 is 11.9 Å². The monoisotopic (exact) mass is 171 g/mol. The fraction of sp³-hybridized carbons (Fsp3) is 0.500. The van der Waals surface area contributed by atoms with E-state index in [0.717, 1.165) is 0 Å². The van der Waals surface area contributed by atoms with Crippen molar-refractivity contribution in [1.29, 1.82) is 0 Å². The van der Waals surface area contributed by atoms with Gasteiger partial charge in [0, 0.05) is 12.1 Å². The van der Waals surface area contributed by atoms with Crippen LogP contribution in [0, 0.1) is 5.92 Å². The van der Waals surface area contributed by atoms with Gasteiger partial charge in [0.1, 0.15) is 0 Å². The molecular weight excluding hydrogens is 158 g/mol. The molecule has 0 aromatic carbocycles. The predicted octanol–water partition coefficient (Wildman–Crippen LogP) is 0.399. The van der Waals surface area contributed by atoms with E-state index in [1.807, 2.05) is 0 Å². The molecule has 0 saturated heterocycles. The van der Waals surface area contributed by atoms with E-state index in [4.69, 9.17) is 5.11 Å². The van der Waals surface area contributed by atoms with Gasteiger partial charge in [0.25, 0.3) is 0 Å². The Kier molecular flexibility index (Phi) is 4.04. The molecule has 12 heavy (non-hydrogen) atoms. The van der Waals surface area contributed by atoms with Gasteiger partial charge in [0.2, 0.25) is 5.91 Å². The summed E-state index contributed by atoms with van der Waals surface area (Å²) in [5.74, 6) is -1.78. The minimum absolute atomic E-state index is 0.140. The number of aliphatic carboxylic acids is 1. The third-order valence-corrected chi connectivity index (χ3v) is 1.38. The zero-order valence-corrected chi connectivity index (χ0v) is 7.26. The van der Waals surface area contributed by atoms with Gasteiger partial charge in [-0.25, -0.2) is 0 Å². The maximum atomic E-state index is 10.9. The second-order valence-corrected chi connectivity index (χ2v) is 2.73. The first kappa shape index (κ1) is 10.7. The molecular formula is C8H13NO3. The third-order valence-electron chi connectivity index (χ3n) is 1.38. The lowest BCUT2D eigenvalue weighted by molar-refractivity contribution is -0.141. The Hall–Kier alpha value is -1.32. The van der Waals surface area contributed by atoms with Gasteiger partial charge < -0.3 is 10.4 Å². The summed E-state index contributed by atoms with van der Waals surface area (Å²) in [5.41, 5.74) is 0.382. The van der Waals surface area contributed by atoms with Crippen LogP contribution in [0.15, 0.2) is 12.2 Å². The Morgan fingerprint density at radius 3 is 2.42 bits per heavy atom. The summed E-state index contributed by atoms with van der Waals surface area (Å²) in [6.07, 6.45) is 0. The number of hydrogen-bond acceptors (Lipinski definition) is 2. The van der Waals surface area contributed by atoms with Gasteiger partial charge in [-0.05, 0) is 6.92 Å². The van der Waals surface area contributed by atoms with Crippen LogP contribution in [0.5, 0.6) is 0 Å². The Balaban J connectivity index is 3.76. The highest BCUT2D eigenvalue weighted by molar-refractivity contribution is 5.92. The van der Waals surface area contributed by atoms with Gasteiger partial charge in [-0.15, -0.1) is 0 Å². The molecule has 0 spiro atoms. The molecule has 0 aliphatic carbocycles. The Labute approximate surface area is 71.3 Å². The highest BCUT2D eigenvalue weighted by Crippen LogP contribution is 1.93. The van der Waals surface area contributed by atoms with Gasteiger partial charge in [0.15, 0.2) is 0 Å². The van der Waals surface area contributed by atoms with Crippen LogP contribution in [-0.2, 0) is 9.59 Å². The smallest absolute Gasteiger partial charge is 0.308 e. The number of carboxylic acid groups (broad SMARTS) is 1. The zero-order valence-electron chi connectivity index (χ0n) is 7.26. The van der Waals surface area contributed by atoms with Crippen LogP contribution in [0.3, 0.4) is 0 Å². The quantitative estimate of drug-likeness (QED) is 0.602. The van der Waals surface area contributed by atoms with E-state index in [9.17, 15) is 9.59 Å². The average molecular weight is 171 g/mol. The van der Waals surface area contributed by atoms with Gasteiger partial charge >= 0.3 is 5.97 Å². The minimum atomic E-state index is -0.919. The van der Waals surface area contributed by atoms with E-state index in [-0.39, 0.29) is 12.5 Å². The van der Waals surface area contributed by atoms with Crippen LogP contribution < -0.4 is 5.32 Å². The number of nitrogens with one attached hydrogen (secondary N) is 1. The first-order chi connectivity index (χ1) is 5.45. The summed E-state index contributed by atoms with van der Waals surface area (Å²) in [7, 11) is 0. The molecule has 0 heterocycles. The van der Waals surface area contributed by atoms with Crippen LogP contribution in [-0.4, -0.2) is 23.5 Å². The topological polar surface area (TPSA) is 66.4 Å². The van der Waals surface area contributed by atoms with E-state index in [1.165, 1.54) is 6.92 Å². The molecule has 4 nitrogen and oxygen atoms in total. The highest BCUT2D eigenvalue weighted by Gasteiger charge is 2.11. The number of carboxylic acids is 1. The number of carbonyl (C=O) groups excluding carboxylic acids is 1. The molecule has 4 heteroatoms. The molecule has 0 aromatic heterocycles. The van der Waals surface area contributed by atoms with E-state index in [2.05, 4.69) is 11.9 Å². The van der Waals surface area contributed by atoms with Crippen molar-refractivity contribution >= 4 is 11.9 Å². The molecule has 1 unspecified atom stereocenters. The Bertz CT molecular complexity index is 210. The van der Waals surface area contributed by atoms with E-state index >= 15 is 0 Å². The molecule has 0 bridgehead atoms. The van der Waals surface area contributed by atoms with Crippen molar-refractivity contribution in [2.45, 2.75) is 13.8 Å². The fourth-order valence-electron chi connectivity index (χ4n) is 0.484.